The number of benzene rings is 1. The van der Waals surface area contributed by atoms with E-state index in [0.717, 1.165) is 10.4 Å². The summed E-state index contributed by atoms with van der Waals surface area (Å²) in [6.07, 6.45) is -1.08. The van der Waals surface area contributed by atoms with Gasteiger partial charge < -0.3 is 10.1 Å². The molecule has 3 rings (SSSR count). The van der Waals surface area contributed by atoms with Crippen LogP contribution in [0.4, 0.5) is 10.1 Å². The molecule has 0 spiro atoms. The topological polar surface area (TPSA) is 97.4 Å². The van der Waals surface area contributed by atoms with Gasteiger partial charge in [0, 0.05) is 22.7 Å². The van der Waals surface area contributed by atoms with Gasteiger partial charge in [0.05, 0.1) is 21.3 Å². The van der Waals surface area contributed by atoms with E-state index in [1.165, 1.54) is 36.5 Å². The molecule has 168 valence electrons. The summed E-state index contributed by atoms with van der Waals surface area (Å²) in [5, 5.41) is 8.64. The van der Waals surface area contributed by atoms with Crippen LogP contribution in [0.5, 0.6) is 0 Å². The highest BCUT2D eigenvalue weighted by Gasteiger charge is 2.26. The molecular weight excluding hydrogens is 493 g/mol. The van der Waals surface area contributed by atoms with Gasteiger partial charge in [0.15, 0.2) is 11.2 Å². The lowest BCUT2D eigenvalue weighted by atomic mass is 10.1. The van der Waals surface area contributed by atoms with Crippen molar-refractivity contribution in [2.75, 3.05) is 10.6 Å². The Bertz CT molecular complexity index is 1210. The third-order valence-corrected chi connectivity index (χ3v) is 7.10. The van der Waals surface area contributed by atoms with Gasteiger partial charge in [0.25, 0.3) is 5.91 Å². The number of esters is 1. The average molecular weight is 512 g/mol. The van der Waals surface area contributed by atoms with Crippen molar-refractivity contribution < 1.29 is 19.1 Å². The number of nitrogens with one attached hydrogen (secondary N) is 2. The maximum absolute atomic E-state index is 12.7. The van der Waals surface area contributed by atoms with Crippen molar-refractivity contribution in [2.45, 2.75) is 33.8 Å². The molecule has 2 N–H and O–H groups in total. The van der Waals surface area contributed by atoms with Crippen LogP contribution < -0.4 is 10.6 Å². The third-order valence-electron chi connectivity index (χ3n) is 4.48. The first-order valence-corrected chi connectivity index (χ1v) is 11.8. The Morgan fingerprint density at radius 1 is 1.12 bits per heavy atom. The molecule has 2 amide bonds. The van der Waals surface area contributed by atoms with Gasteiger partial charge in [-0.1, -0.05) is 29.3 Å². The van der Waals surface area contributed by atoms with Crippen molar-refractivity contribution in [1.29, 1.82) is 0 Å². The highest BCUT2D eigenvalue weighted by atomic mass is 35.5. The summed E-state index contributed by atoms with van der Waals surface area (Å²) >= 11 is 14.5. The van der Waals surface area contributed by atoms with Gasteiger partial charge in [-0.05, 0) is 38.5 Å². The second-order valence-corrected chi connectivity index (χ2v) is 9.77. The Hall–Kier alpha value is -2.46. The molecule has 3 aromatic rings. The molecule has 7 nitrogen and oxygen atoms in total. The molecule has 32 heavy (non-hydrogen) atoms. The molecule has 0 radical (unpaired) electrons. The molecule has 11 heteroatoms. The largest absolute Gasteiger partial charge is 0.449 e. The highest BCUT2D eigenvalue weighted by molar-refractivity contribution is 7.16. The number of nitrogens with zero attached hydrogens (tertiary/aromatic N) is 1. The van der Waals surface area contributed by atoms with Crippen LogP contribution in [0.15, 0.2) is 23.6 Å². The zero-order valence-corrected chi connectivity index (χ0v) is 20.7. The monoisotopic (exact) mass is 511 g/mol. The number of ether oxygens (including phenoxy) is 1. The number of rotatable bonds is 6. The molecule has 0 aliphatic carbocycles. The van der Waals surface area contributed by atoms with Crippen molar-refractivity contribution in [3.8, 4) is 11.3 Å². The van der Waals surface area contributed by atoms with E-state index < -0.39 is 18.0 Å². The van der Waals surface area contributed by atoms with E-state index >= 15 is 0 Å². The van der Waals surface area contributed by atoms with Gasteiger partial charge in [0.2, 0.25) is 5.91 Å². The molecular formula is C21H19Cl2N3O4S2. The SMILES string of the molecule is CC(=O)Nc1sc(C)c(C)c1C(=O)O[C@H](C)C(=O)Nc1nc(-c2ccc(Cl)c(Cl)c2)cs1. The molecule has 1 aromatic carbocycles. The van der Waals surface area contributed by atoms with Gasteiger partial charge in [-0.25, -0.2) is 9.78 Å². The van der Waals surface area contributed by atoms with Crippen LogP contribution in [0.2, 0.25) is 10.0 Å². The molecule has 0 saturated carbocycles. The number of thiazole rings is 1. The van der Waals surface area contributed by atoms with Gasteiger partial charge in [0.1, 0.15) is 5.00 Å². The molecule has 0 aliphatic rings. The quantitative estimate of drug-likeness (QED) is 0.399. The number of hydrogen-bond acceptors (Lipinski definition) is 7. The highest BCUT2D eigenvalue weighted by Crippen LogP contribution is 2.33. The Balaban J connectivity index is 1.68. The predicted molar refractivity (Wildman–Crippen MR) is 129 cm³/mol. The molecule has 0 bridgehead atoms. The number of thiophene rings is 1. The Kier molecular flexibility index (Phi) is 7.55. The average Bonchev–Trinajstić information content (AvgIpc) is 3.28. The number of hydrogen-bond donors (Lipinski definition) is 2. The van der Waals surface area contributed by atoms with Gasteiger partial charge >= 0.3 is 5.97 Å². The number of aromatic nitrogens is 1. The van der Waals surface area contributed by atoms with Crippen LogP contribution in [0, 0.1) is 13.8 Å². The van der Waals surface area contributed by atoms with Gasteiger partial charge in [-0.3, -0.25) is 14.9 Å². The first kappa shape index (κ1) is 24.2. The van der Waals surface area contributed by atoms with Crippen molar-refractivity contribution >= 4 is 73.8 Å². The molecule has 0 fully saturated rings. The van der Waals surface area contributed by atoms with E-state index in [1.54, 1.807) is 30.5 Å². The molecule has 0 unspecified atom stereocenters. The molecule has 0 aliphatic heterocycles. The maximum Gasteiger partial charge on any atom is 0.342 e. The normalized spacial score (nSPS) is 11.7. The van der Waals surface area contributed by atoms with Crippen LogP contribution in [0.1, 0.15) is 34.6 Å². The van der Waals surface area contributed by atoms with Crippen LogP contribution in [0.3, 0.4) is 0 Å². The number of aryl methyl sites for hydroxylation is 1. The van der Waals surface area contributed by atoms with Crippen molar-refractivity contribution in [2.24, 2.45) is 0 Å². The molecule has 1 atom stereocenters. The predicted octanol–water partition coefficient (Wildman–Crippen LogP) is 5.94. The minimum atomic E-state index is -1.08. The standard InChI is InChI=1S/C21H19Cl2N3O4S2/c1-9-11(3)32-19(24-12(4)27)17(9)20(29)30-10(2)18(28)26-21-25-16(8-31-21)13-5-6-14(22)15(23)7-13/h5-8,10H,1-4H3,(H,24,27)(H,25,26,28)/t10-/m1/s1. The molecule has 2 heterocycles. The van der Waals surface area contributed by atoms with Crippen LogP contribution in [-0.2, 0) is 14.3 Å². The van der Waals surface area contributed by atoms with Gasteiger partial charge in [-0.15, -0.1) is 22.7 Å². The molecule has 0 saturated heterocycles. The number of amides is 2. The van der Waals surface area contributed by atoms with E-state index in [4.69, 9.17) is 27.9 Å². The number of carbonyl (C=O) groups is 3. The summed E-state index contributed by atoms with van der Waals surface area (Å²) in [6, 6.07) is 5.13. The van der Waals surface area contributed by atoms with Gasteiger partial charge in [-0.2, -0.15) is 0 Å². The fraction of sp³-hybridized carbons (Fsp3) is 0.238. The zero-order chi connectivity index (χ0) is 23.6. The summed E-state index contributed by atoms with van der Waals surface area (Å²) < 4.78 is 5.36. The summed E-state index contributed by atoms with van der Waals surface area (Å²) in [6.45, 7) is 6.42. The van der Waals surface area contributed by atoms with E-state index in [-0.39, 0.29) is 11.5 Å². The number of carbonyl (C=O) groups excluding carboxylic acids is 3. The van der Waals surface area contributed by atoms with E-state index in [2.05, 4.69) is 15.6 Å². The van der Waals surface area contributed by atoms with E-state index in [9.17, 15) is 14.4 Å². The van der Waals surface area contributed by atoms with E-state index in [1.807, 2.05) is 6.92 Å². The second kappa shape index (κ2) is 9.99. The first-order chi connectivity index (χ1) is 15.1. The van der Waals surface area contributed by atoms with E-state index in [0.29, 0.717) is 31.4 Å². The second-order valence-electron chi connectivity index (χ2n) is 6.87. The fourth-order valence-electron chi connectivity index (χ4n) is 2.72. The van der Waals surface area contributed by atoms with Crippen LogP contribution >= 0.6 is 45.9 Å². The molecule has 2 aromatic heterocycles. The minimum absolute atomic E-state index is 0.249. The summed E-state index contributed by atoms with van der Waals surface area (Å²) in [7, 11) is 0. The minimum Gasteiger partial charge on any atom is -0.449 e. The number of anilines is 2. The Morgan fingerprint density at radius 2 is 1.84 bits per heavy atom. The van der Waals surface area contributed by atoms with Crippen molar-refractivity contribution in [3.63, 3.8) is 0 Å². The fourth-order valence-corrected chi connectivity index (χ4v) is 4.84. The lowest BCUT2D eigenvalue weighted by Crippen LogP contribution is -2.30. The maximum atomic E-state index is 12.7. The lowest BCUT2D eigenvalue weighted by molar-refractivity contribution is -0.123. The van der Waals surface area contributed by atoms with Crippen LogP contribution in [-0.4, -0.2) is 28.9 Å². The summed E-state index contributed by atoms with van der Waals surface area (Å²) in [5.41, 5.74) is 2.32. The zero-order valence-electron chi connectivity index (χ0n) is 17.5. The lowest BCUT2D eigenvalue weighted by Gasteiger charge is -2.13. The van der Waals surface area contributed by atoms with Crippen LogP contribution in [0.25, 0.3) is 11.3 Å². The Labute approximate surface area is 202 Å². The number of halogens is 2. The van der Waals surface area contributed by atoms with Crippen molar-refractivity contribution in [1.82, 2.24) is 4.98 Å². The summed E-state index contributed by atoms with van der Waals surface area (Å²) in [5.74, 6) is -1.51. The Morgan fingerprint density at radius 3 is 2.50 bits per heavy atom. The summed E-state index contributed by atoms with van der Waals surface area (Å²) in [4.78, 5) is 41.9. The first-order valence-electron chi connectivity index (χ1n) is 9.37. The third kappa shape index (κ3) is 5.47. The van der Waals surface area contributed by atoms with Crippen molar-refractivity contribution in [3.05, 3.63) is 49.6 Å². The smallest absolute Gasteiger partial charge is 0.342 e.